The Bertz CT molecular complexity index is 1020. The maximum atomic E-state index is 5.81. The average Bonchev–Trinajstić information content (AvgIpc) is 2.88. The highest BCUT2D eigenvalue weighted by Gasteiger charge is 2.20. The van der Waals surface area contributed by atoms with Gasteiger partial charge >= 0.3 is 0 Å². The molecular weight excluding hydrogens is 416 g/mol. The highest BCUT2D eigenvalue weighted by molar-refractivity contribution is 5.80. The largest absolute Gasteiger partial charge is 0.497 e. The molecule has 1 fully saturated rings. The van der Waals surface area contributed by atoms with Crippen LogP contribution < -0.4 is 19.7 Å². The lowest BCUT2D eigenvalue weighted by Gasteiger charge is -2.37. The summed E-state index contributed by atoms with van der Waals surface area (Å²) >= 11 is 0. The van der Waals surface area contributed by atoms with Crippen LogP contribution in [-0.2, 0) is 6.54 Å². The molecule has 0 amide bonds. The highest BCUT2D eigenvalue weighted by Crippen LogP contribution is 2.22. The van der Waals surface area contributed by atoms with Crippen LogP contribution in [0.3, 0.4) is 0 Å². The van der Waals surface area contributed by atoms with E-state index < -0.39 is 0 Å². The second-order valence-corrected chi connectivity index (χ2v) is 7.61. The van der Waals surface area contributed by atoms with Crippen molar-refractivity contribution in [3.05, 3.63) is 72.6 Å². The number of ether oxygens (including phenoxy) is 2. The van der Waals surface area contributed by atoms with Gasteiger partial charge in [0.15, 0.2) is 5.96 Å². The first-order valence-corrected chi connectivity index (χ1v) is 11.2. The number of benzene rings is 1. The molecule has 8 heteroatoms. The normalized spacial score (nSPS) is 14.2. The quantitative estimate of drug-likeness (QED) is 0.439. The molecule has 172 valence electrons. The fourth-order valence-corrected chi connectivity index (χ4v) is 3.61. The number of aromatic nitrogens is 2. The van der Waals surface area contributed by atoms with Crippen molar-refractivity contribution in [2.24, 2.45) is 4.99 Å². The Kier molecular flexibility index (Phi) is 7.58. The molecule has 1 aliphatic heterocycles. The summed E-state index contributed by atoms with van der Waals surface area (Å²) in [5.41, 5.74) is 1.03. The Labute approximate surface area is 194 Å². The summed E-state index contributed by atoms with van der Waals surface area (Å²) in [6, 6.07) is 17.3. The molecule has 0 unspecified atom stereocenters. The molecule has 0 aliphatic carbocycles. The minimum absolute atomic E-state index is 0.547. The van der Waals surface area contributed by atoms with Gasteiger partial charge in [-0.1, -0.05) is 12.1 Å². The zero-order valence-corrected chi connectivity index (χ0v) is 19.1. The maximum Gasteiger partial charge on any atom is 0.219 e. The van der Waals surface area contributed by atoms with Crippen molar-refractivity contribution in [2.75, 3.05) is 44.7 Å². The van der Waals surface area contributed by atoms with Gasteiger partial charge in [0.2, 0.25) is 5.88 Å². The predicted molar refractivity (Wildman–Crippen MR) is 130 cm³/mol. The van der Waals surface area contributed by atoms with Gasteiger partial charge in [0.1, 0.15) is 17.3 Å². The van der Waals surface area contributed by atoms with E-state index >= 15 is 0 Å². The van der Waals surface area contributed by atoms with E-state index in [9.17, 15) is 0 Å². The topological polar surface area (TPSA) is 75.1 Å². The molecule has 8 nitrogen and oxygen atoms in total. The van der Waals surface area contributed by atoms with Gasteiger partial charge in [-0.05, 0) is 48.9 Å². The van der Waals surface area contributed by atoms with Crippen molar-refractivity contribution < 1.29 is 9.47 Å². The zero-order valence-electron chi connectivity index (χ0n) is 19.1. The van der Waals surface area contributed by atoms with Crippen LogP contribution in [0.15, 0.2) is 72.0 Å². The van der Waals surface area contributed by atoms with E-state index in [1.165, 1.54) is 0 Å². The molecule has 1 saturated heterocycles. The van der Waals surface area contributed by atoms with E-state index in [-0.39, 0.29) is 0 Å². The Hall–Kier alpha value is -3.81. The number of hydrogen-bond acceptors (Lipinski definition) is 6. The molecule has 3 aromatic rings. The third-order valence-corrected chi connectivity index (χ3v) is 5.38. The number of aliphatic imine (C=N–C) groups is 1. The number of methoxy groups -OCH3 is 1. The molecule has 3 heterocycles. The fourth-order valence-electron chi connectivity index (χ4n) is 3.61. The van der Waals surface area contributed by atoms with Crippen LogP contribution in [0.4, 0.5) is 5.82 Å². The molecule has 2 aromatic heterocycles. The Morgan fingerprint density at radius 1 is 0.970 bits per heavy atom. The number of guanidine groups is 1. The van der Waals surface area contributed by atoms with Crippen molar-refractivity contribution >= 4 is 11.8 Å². The lowest BCUT2D eigenvalue weighted by Crippen LogP contribution is -2.52. The number of nitrogens with one attached hydrogen (secondary N) is 1. The zero-order chi connectivity index (χ0) is 22.9. The van der Waals surface area contributed by atoms with Gasteiger partial charge in [0, 0.05) is 51.2 Å². The Balaban J connectivity index is 1.33. The summed E-state index contributed by atoms with van der Waals surface area (Å²) in [5.74, 6) is 4.01. The summed E-state index contributed by atoms with van der Waals surface area (Å²) in [7, 11) is 1.64. The van der Waals surface area contributed by atoms with Crippen molar-refractivity contribution in [1.29, 1.82) is 0 Å². The lowest BCUT2D eigenvalue weighted by atomic mass is 10.3. The van der Waals surface area contributed by atoms with Gasteiger partial charge in [0.05, 0.1) is 13.7 Å². The van der Waals surface area contributed by atoms with Gasteiger partial charge in [-0.3, -0.25) is 0 Å². The van der Waals surface area contributed by atoms with E-state index in [0.29, 0.717) is 18.2 Å². The molecule has 0 bridgehead atoms. The van der Waals surface area contributed by atoms with E-state index in [1.54, 1.807) is 7.11 Å². The predicted octanol–water partition coefficient (Wildman–Crippen LogP) is 3.57. The SMILES string of the molecule is CCNC(=NCc1ccc(Oc2ccc(OC)cc2)nc1)N1CCN(c2ccccn2)CC1. The van der Waals surface area contributed by atoms with Crippen molar-refractivity contribution in [1.82, 2.24) is 20.2 Å². The lowest BCUT2D eigenvalue weighted by molar-refractivity contribution is 0.371. The summed E-state index contributed by atoms with van der Waals surface area (Å²) in [6.45, 7) is 7.10. The van der Waals surface area contributed by atoms with Crippen molar-refractivity contribution in [3.8, 4) is 17.4 Å². The summed E-state index contributed by atoms with van der Waals surface area (Å²) < 4.78 is 11.0. The summed E-state index contributed by atoms with van der Waals surface area (Å²) in [4.78, 5) is 18.3. The van der Waals surface area contributed by atoms with Crippen LogP contribution in [0.1, 0.15) is 12.5 Å². The van der Waals surface area contributed by atoms with E-state index in [1.807, 2.05) is 60.9 Å². The Morgan fingerprint density at radius 2 is 1.76 bits per heavy atom. The van der Waals surface area contributed by atoms with E-state index in [0.717, 1.165) is 55.8 Å². The van der Waals surface area contributed by atoms with Crippen LogP contribution in [-0.4, -0.2) is 60.7 Å². The molecule has 1 N–H and O–H groups in total. The van der Waals surface area contributed by atoms with Gasteiger partial charge < -0.3 is 24.6 Å². The molecular formula is C25H30N6O2. The first-order valence-electron chi connectivity index (χ1n) is 11.2. The second kappa shape index (κ2) is 11.2. The van der Waals surface area contributed by atoms with Crippen LogP contribution >= 0.6 is 0 Å². The summed E-state index contributed by atoms with van der Waals surface area (Å²) in [5, 5.41) is 3.42. The van der Waals surface area contributed by atoms with Crippen molar-refractivity contribution in [2.45, 2.75) is 13.5 Å². The maximum absolute atomic E-state index is 5.81. The number of nitrogens with zero attached hydrogens (tertiary/aromatic N) is 5. The highest BCUT2D eigenvalue weighted by atomic mass is 16.5. The molecule has 0 saturated carbocycles. The molecule has 33 heavy (non-hydrogen) atoms. The van der Waals surface area contributed by atoms with E-state index in [4.69, 9.17) is 14.5 Å². The van der Waals surface area contributed by atoms with E-state index in [2.05, 4.69) is 38.1 Å². The van der Waals surface area contributed by atoms with Crippen LogP contribution in [0.2, 0.25) is 0 Å². The third-order valence-electron chi connectivity index (χ3n) is 5.38. The molecule has 1 aromatic carbocycles. The molecule has 1 aliphatic rings. The third kappa shape index (κ3) is 6.12. The van der Waals surface area contributed by atoms with Gasteiger partial charge in [0.25, 0.3) is 0 Å². The number of rotatable bonds is 7. The number of piperazine rings is 1. The number of anilines is 1. The monoisotopic (exact) mass is 446 g/mol. The van der Waals surface area contributed by atoms with Gasteiger partial charge in [-0.2, -0.15) is 0 Å². The minimum atomic E-state index is 0.547. The average molecular weight is 447 g/mol. The molecule has 4 rings (SSSR count). The first-order chi connectivity index (χ1) is 16.2. The van der Waals surface area contributed by atoms with Crippen molar-refractivity contribution in [3.63, 3.8) is 0 Å². The number of hydrogen-bond donors (Lipinski definition) is 1. The van der Waals surface area contributed by atoms with Crippen LogP contribution in [0, 0.1) is 0 Å². The molecule has 0 atom stereocenters. The first kappa shape index (κ1) is 22.4. The fraction of sp³-hybridized carbons (Fsp3) is 0.320. The van der Waals surface area contributed by atoms with Crippen LogP contribution in [0.25, 0.3) is 0 Å². The smallest absolute Gasteiger partial charge is 0.219 e. The minimum Gasteiger partial charge on any atom is -0.497 e. The molecule has 0 spiro atoms. The van der Waals surface area contributed by atoms with Crippen LogP contribution in [0.5, 0.6) is 17.4 Å². The molecule has 0 radical (unpaired) electrons. The van der Waals surface area contributed by atoms with Gasteiger partial charge in [-0.25, -0.2) is 15.0 Å². The van der Waals surface area contributed by atoms with Gasteiger partial charge in [-0.15, -0.1) is 0 Å². The number of pyridine rings is 2. The second-order valence-electron chi connectivity index (χ2n) is 7.61. The Morgan fingerprint density at radius 3 is 2.39 bits per heavy atom. The summed E-state index contributed by atoms with van der Waals surface area (Å²) in [6.07, 6.45) is 3.65. The standard InChI is InChI=1S/C25H30N6O2/c1-3-26-25(31-16-14-30(15-17-31)23-6-4-5-13-27-23)29-19-20-7-12-24(28-18-20)33-22-10-8-21(32-2)9-11-22/h4-13,18H,3,14-17,19H2,1-2H3,(H,26,29).